The highest BCUT2D eigenvalue weighted by atomic mass is 16.5. The molecule has 1 heterocycles. The van der Waals surface area contributed by atoms with Crippen molar-refractivity contribution >= 4 is 0 Å². The molecule has 0 aromatic carbocycles. The van der Waals surface area contributed by atoms with E-state index < -0.39 is 0 Å². The van der Waals surface area contributed by atoms with E-state index in [4.69, 9.17) is 4.74 Å². The van der Waals surface area contributed by atoms with E-state index in [1.807, 2.05) is 7.05 Å². The summed E-state index contributed by atoms with van der Waals surface area (Å²) in [5.74, 6) is 0. The van der Waals surface area contributed by atoms with Crippen LogP contribution in [0.15, 0.2) is 0 Å². The van der Waals surface area contributed by atoms with Gasteiger partial charge in [0.1, 0.15) is 0 Å². The van der Waals surface area contributed by atoms with Crippen molar-refractivity contribution in [2.45, 2.75) is 52.7 Å². The monoisotopic (exact) mass is 242 g/mol. The highest BCUT2D eigenvalue weighted by molar-refractivity contribution is 4.91. The molecule has 1 aliphatic heterocycles. The van der Waals surface area contributed by atoms with E-state index in [1.54, 1.807) is 0 Å². The third-order valence-corrected chi connectivity index (χ3v) is 3.07. The maximum absolute atomic E-state index is 6.11. The number of nitrogens with zero attached hydrogens (tertiary/aromatic N) is 1. The molecule has 0 aliphatic carbocycles. The van der Waals surface area contributed by atoms with Crippen LogP contribution in [0.1, 0.15) is 41.5 Å². The molecule has 102 valence electrons. The van der Waals surface area contributed by atoms with Crippen LogP contribution in [0.2, 0.25) is 0 Å². The van der Waals surface area contributed by atoms with E-state index in [9.17, 15) is 0 Å². The number of morpholine rings is 1. The molecule has 0 radical (unpaired) electrons. The fraction of sp³-hybridized carbons (Fsp3) is 1.00. The van der Waals surface area contributed by atoms with Crippen molar-refractivity contribution in [3.05, 3.63) is 0 Å². The molecule has 0 aromatic rings. The number of rotatable bonds is 4. The number of nitrogens with one attached hydrogen (secondary N) is 1. The van der Waals surface area contributed by atoms with E-state index in [0.29, 0.717) is 5.41 Å². The molecule has 1 aliphatic rings. The van der Waals surface area contributed by atoms with Crippen molar-refractivity contribution in [2.75, 3.05) is 33.2 Å². The predicted octanol–water partition coefficient (Wildman–Crippen LogP) is 2.12. The normalized spacial score (nSPS) is 24.9. The number of hydrogen-bond acceptors (Lipinski definition) is 3. The fourth-order valence-corrected chi connectivity index (χ4v) is 3.20. The molecule has 0 atom stereocenters. The van der Waals surface area contributed by atoms with Gasteiger partial charge in [-0.15, -0.1) is 0 Å². The van der Waals surface area contributed by atoms with E-state index in [0.717, 1.165) is 26.2 Å². The number of hydrogen-bond donors (Lipinski definition) is 1. The Morgan fingerprint density at radius 1 is 1.12 bits per heavy atom. The summed E-state index contributed by atoms with van der Waals surface area (Å²) in [5, 5.41) is 3.28. The quantitative estimate of drug-likeness (QED) is 0.817. The second kappa shape index (κ2) is 4.87. The molecule has 0 spiro atoms. The lowest BCUT2D eigenvalue weighted by molar-refractivity contribution is -0.184. The van der Waals surface area contributed by atoms with E-state index in [1.165, 1.54) is 0 Å². The minimum Gasteiger partial charge on any atom is -0.367 e. The zero-order chi connectivity index (χ0) is 13.3. The first-order valence-corrected chi connectivity index (χ1v) is 6.62. The molecular weight excluding hydrogens is 212 g/mol. The predicted molar refractivity (Wildman–Crippen MR) is 73.4 cm³/mol. The van der Waals surface area contributed by atoms with Crippen LogP contribution in [0.25, 0.3) is 0 Å². The fourth-order valence-electron chi connectivity index (χ4n) is 3.20. The van der Waals surface area contributed by atoms with Crippen LogP contribution in [0.3, 0.4) is 0 Å². The molecule has 0 bridgehead atoms. The lowest BCUT2D eigenvalue weighted by Crippen LogP contribution is -2.59. The van der Waals surface area contributed by atoms with Crippen molar-refractivity contribution in [2.24, 2.45) is 5.41 Å². The SMILES string of the molecule is CNCC(C)(C)CN1CC(C)(C)OC(C)(C)C1. The Bertz CT molecular complexity index is 243. The average Bonchev–Trinajstić information content (AvgIpc) is 1.94. The smallest absolute Gasteiger partial charge is 0.0760 e. The second-order valence-electron chi connectivity index (χ2n) is 7.46. The highest BCUT2D eigenvalue weighted by Gasteiger charge is 2.39. The lowest BCUT2D eigenvalue weighted by Gasteiger charge is -2.49. The molecular formula is C14H30N2O. The Labute approximate surface area is 107 Å². The lowest BCUT2D eigenvalue weighted by atomic mass is 9.90. The molecule has 1 saturated heterocycles. The molecule has 3 nitrogen and oxygen atoms in total. The molecule has 1 N–H and O–H groups in total. The van der Waals surface area contributed by atoms with Crippen LogP contribution in [0.5, 0.6) is 0 Å². The van der Waals surface area contributed by atoms with Gasteiger partial charge in [0.15, 0.2) is 0 Å². The van der Waals surface area contributed by atoms with Gasteiger partial charge in [0.2, 0.25) is 0 Å². The first-order chi connectivity index (χ1) is 7.55. The van der Waals surface area contributed by atoms with Gasteiger partial charge in [-0.05, 0) is 40.2 Å². The molecule has 0 aromatic heterocycles. The third-order valence-electron chi connectivity index (χ3n) is 3.07. The van der Waals surface area contributed by atoms with Crippen molar-refractivity contribution in [1.82, 2.24) is 10.2 Å². The zero-order valence-electron chi connectivity index (χ0n) is 12.7. The molecule has 1 rings (SSSR count). The topological polar surface area (TPSA) is 24.5 Å². The molecule has 3 heteroatoms. The van der Waals surface area contributed by atoms with Crippen molar-refractivity contribution in [3.63, 3.8) is 0 Å². The first-order valence-electron chi connectivity index (χ1n) is 6.62. The molecule has 0 amide bonds. The summed E-state index contributed by atoms with van der Waals surface area (Å²) in [6.45, 7) is 17.6. The van der Waals surface area contributed by atoms with Crippen LogP contribution < -0.4 is 5.32 Å². The second-order valence-corrected chi connectivity index (χ2v) is 7.46. The summed E-state index contributed by atoms with van der Waals surface area (Å²) in [7, 11) is 2.02. The third kappa shape index (κ3) is 4.94. The average molecular weight is 242 g/mol. The van der Waals surface area contributed by atoms with Gasteiger partial charge in [-0.2, -0.15) is 0 Å². The van der Waals surface area contributed by atoms with Gasteiger partial charge in [-0.3, -0.25) is 4.90 Å². The Hall–Kier alpha value is -0.120. The van der Waals surface area contributed by atoms with Gasteiger partial charge < -0.3 is 10.1 Å². The minimum absolute atomic E-state index is 0.0442. The van der Waals surface area contributed by atoms with Crippen molar-refractivity contribution in [3.8, 4) is 0 Å². The van der Waals surface area contributed by atoms with E-state index in [2.05, 4.69) is 51.8 Å². The molecule has 17 heavy (non-hydrogen) atoms. The maximum Gasteiger partial charge on any atom is 0.0760 e. The Morgan fingerprint density at radius 3 is 2.00 bits per heavy atom. The minimum atomic E-state index is -0.0442. The van der Waals surface area contributed by atoms with Crippen LogP contribution in [0.4, 0.5) is 0 Å². The summed E-state index contributed by atoms with van der Waals surface area (Å²) < 4.78 is 6.11. The van der Waals surface area contributed by atoms with Gasteiger partial charge in [-0.1, -0.05) is 13.8 Å². The van der Waals surface area contributed by atoms with Crippen LogP contribution in [0, 0.1) is 5.41 Å². The highest BCUT2D eigenvalue weighted by Crippen LogP contribution is 2.30. The summed E-state index contributed by atoms with van der Waals surface area (Å²) in [6.07, 6.45) is 0. The molecule has 1 fully saturated rings. The molecule has 0 saturated carbocycles. The summed E-state index contributed by atoms with van der Waals surface area (Å²) >= 11 is 0. The number of ether oxygens (including phenoxy) is 1. The van der Waals surface area contributed by atoms with Crippen molar-refractivity contribution < 1.29 is 4.74 Å². The van der Waals surface area contributed by atoms with Crippen molar-refractivity contribution in [1.29, 1.82) is 0 Å². The Balaban J connectivity index is 2.65. The van der Waals surface area contributed by atoms with Gasteiger partial charge in [-0.25, -0.2) is 0 Å². The Morgan fingerprint density at radius 2 is 1.59 bits per heavy atom. The molecule has 0 unspecified atom stereocenters. The largest absolute Gasteiger partial charge is 0.367 e. The van der Waals surface area contributed by atoms with Gasteiger partial charge in [0.05, 0.1) is 11.2 Å². The van der Waals surface area contributed by atoms with E-state index >= 15 is 0 Å². The van der Waals surface area contributed by atoms with Gasteiger partial charge >= 0.3 is 0 Å². The summed E-state index contributed by atoms with van der Waals surface area (Å²) in [6, 6.07) is 0. The van der Waals surface area contributed by atoms with Crippen LogP contribution >= 0.6 is 0 Å². The Kier molecular flexibility index (Phi) is 4.28. The van der Waals surface area contributed by atoms with Crippen LogP contribution in [-0.2, 0) is 4.74 Å². The first kappa shape index (κ1) is 14.9. The summed E-state index contributed by atoms with van der Waals surface area (Å²) in [4.78, 5) is 2.54. The zero-order valence-corrected chi connectivity index (χ0v) is 12.7. The maximum atomic E-state index is 6.11. The standard InChI is InChI=1S/C14H30N2O/c1-12(2,8-15-7)9-16-10-13(3,4)17-14(5,6)11-16/h15H,8-11H2,1-7H3. The van der Waals surface area contributed by atoms with Gasteiger partial charge in [0.25, 0.3) is 0 Å². The summed E-state index contributed by atoms with van der Waals surface area (Å²) in [5.41, 5.74) is 0.215. The van der Waals surface area contributed by atoms with Crippen LogP contribution in [-0.4, -0.2) is 49.3 Å². The van der Waals surface area contributed by atoms with Gasteiger partial charge in [0, 0.05) is 26.2 Å². The van der Waals surface area contributed by atoms with E-state index in [-0.39, 0.29) is 11.2 Å².